The molecule has 1 aliphatic rings. The van der Waals surface area contributed by atoms with Crippen molar-refractivity contribution in [1.29, 1.82) is 0 Å². The van der Waals surface area contributed by atoms with Crippen molar-refractivity contribution in [1.82, 2.24) is 0 Å². The Balaban J connectivity index is 2.29. The van der Waals surface area contributed by atoms with Gasteiger partial charge in [-0.1, -0.05) is 26.7 Å². The van der Waals surface area contributed by atoms with Crippen molar-refractivity contribution >= 4 is 19.7 Å². The largest absolute Gasteiger partial charge is 0.381 e. The second kappa shape index (κ2) is 6.95. The Hall–Kier alpha value is 0.200. The Morgan fingerprint density at radius 3 is 2.35 bits per heavy atom. The SMILES string of the molecule is CC(C)C(COCC1CCCC1)CS(=O)(=O)Cl. The Bertz CT molecular complexity index is 308. The second-order valence-electron chi connectivity index (χ2n) is 5.40. The summed E-state index contributed by atoms with van der Waals surface area (Å²) < 4.78 is 27.8. The molecule has 1 saturated carbocycles. The van der Waals surface area contributed by atoms with Crippen molar-refractivity contribution < 1.29 is 13.2 Å². The van der Waals surface area contributed by atoms with E-state index in [4.69, 9.17) is 15.4 Å². The Morgan fingerprint density at radius 1 is 1.29 bits per heavy atom. The molecular formula is C12H23ClO3S. The molecule has 0 bridgehead atoms. The number of rotatable bonds is 7. The van der Waals surface area contributed by atoms with E-state index in [2.05, 4.69) is 0 Å². The van der Waals surface area contributed by atoms with Crippen LogP contribution in [0.5, 0.6) is 0 Å². The highest BCUT2D eigenvalue weighted by atomic mass is 35.7. The second-order valence-corrected chi connectivity index (χ2v) is 8.22. The molecule has 0 aliphatic heterocycles. The van der Waals surface area contributed by atoms with Crippen LogP contribution in [0.3, 0.4) is 0 Å². The zero-order valence-electron chi connectivity index (χ0n) is 10.7. The Morgan fingerprint density at radius 2 is 1.88 bits per heavy atom. The predicted octanol–water partition coefficient (Wildman–Crippen LogP) is 3.03. The van der Waals surface area contributed by atoms with E-state index in [1.54, 1.807) is 0 Å². The normalized spacial score (nSPS) is 20.0. The van der Waals surface area contributed by atoms with Gasteiger partial charge < -0.3 is 4.74 Å². The summed E-state index contributed by atoms with van der Waals surface area (Å²) in [5, 5.41) is 0. The average molecular weight is 283 g/mol. The molecule has 0 radical (unpaired) electrons. The summed E-state index contributed by atoms with van der Waals surface area (Å²) in [7, 11) is 1.87. The molecule has 0 N–H and O–H groups in total. The fraction of sp³-hybridized carbons (Fsp3) is 1.00. The first-order valence-corrected chi connectivity index (χ1v) is 8.86. The van der Waals surface area contributed by atoms with Crippen molar-refractivity contribution in [2.45, 2.75) is 39.5 Å². The third-order valence-electron chi connectivity index (χ3n) is 3.52. The summed E-state index contributed by atoms with van der Waals surface area (Å²) in [5.74, 6) is 0.957. The van der Waals surface area contributed by atoms with Crippen LogP contribution in [0.15, 0.2) is 0 Å². The third kappa shape index (κ3) is 6.63. The van der Waals surface area contributed by atoms with Crippen molar-refractivity contribution in [2.24, 2.45) is 17.8 Å². The fourth-order valence-electron chi connectivity index (χ4n) is 2.25. The van der Waals surface area contributed by atoms with Gasteiger partial charge in [-0.2, -0.15) is 0 Å². The van der Waals surface area contributed by atoms with E-state index in [1.807, 2.05) is 13.8 Å². The minimum Gasteiger partial charge on any atom is -0.381 e. The molecule has 1 unspecified atom stereocenters. The van der Waals surface area contributed by atoms with Crippen LogP contribution < -0.4 is 0 Å². The highest BCUT2D eigenvalue weighted by Gasteiger charge is 2.22. The molecule has 5 heteroatoms. The van der Waals surface area contributed by atoms with E-state index in [-0.39, 0.29) is 17.6 Å². The topological polar surface area (TPSA) is 43.4 Å². The monoisotopic (exact) mass is 282 g/mol. The highest BCUT2D eigenvalue weighted by molar-refractivity contribution is 8.13. The maximum atomic E-state index is 11.1. The molecule has 0 amide bonds. The lowest BCUT2D eigenvalue weighted by Gasteiger charge is -2.20. The van der Waals surface area contributed by atoms with Gasteiger partial charge in [0.05, 0.1) is 12.4 Å². The zero-order valence-corrected chi connectivity index (χ0v) is 12.3. The first kappa shape index (κ1) is 15.3. The van der Waals surface area contributed by atoms with Gasteiger partial charge in [0.25, 0.3) is 0 Å². The molecule has 0 spiro atoms. The molecule has 1 aliphatic carbocycles. The fourth-order valence-corrected chi connectivity index (χ4v) is 3.73. The number of halogens is 1. The summed E-state index contributed by atoms with van der Waals surface area (Å²) in [6.07, 6.45) is 5.11. The van der Waals surface area contributed by atoms with E-state index < -0.39 is 9.05 Å². The first-order valence-electron chi connectivity index (χ1n) is 6.38. The summed E-state index contributed by atoms with van der Waals surface area (Å²) in [6.45, 7) is 5.28. The smallest absolute Gasteiger partial charge is 0.232 e. The van der Waals surface area contributed by atoms with Gasteiger partial charge >= 0.3 is 0 Å². The summed E-state index contributed by atoms with van der Waals surface area (Å²) in [5.41, 5.74) is 0. The van der Waals surface area contributed by atoms with E-state index in [0.29, 0.717) is 12.5 Å². The van der Waals surface area contributed by atoms with Crippen molar-refractivity contribution in [3.8, 4) is 0 Å². The van der Waals surface area contributed by atoms with Gasteiger partial charge in [0.2, 0.25) is 9.05 Å². The first-order chi connectivity index (χ1) is 7.88. The van der Waals surface area contributed by atoms with Gasteiger partial charge in [-0.25, -0.2) is 8.42 Å². The maximum absolute atomic E-state index is 11.1. The quantitative estimate of drug-likeness (QED) is 0.674. The van der Waals surface area contributed by atoms with Gasteiger partial charge in [-0.3, -0.25) is 0 Å². The molecule has 0 saturated heterocycles. The predicted molar refractivity (Wildman–Crippen MR) is 70.7 cm³/mol. The van der Waals surface area contributed by atoms with Crippen LogP contribution in [0.1, 0.15) is 39.5 Å². The van der Waals surface area contributed by atoms with Crippen LogP contribution in [0.2, 0.25) is 0 Å². The molecule has 1 fully saturated rings. The van der Waals surface area contributed by atoms with Gasteiger partial charge in [-0.05, 0) is 30.6 Å². The number of ether oxygens (including phenoxy) is 1. The van der Waals surface area contributed by atoms with Crippen LogP contribution in [0.25, 0.3) is 0 Å². The molecule has 102 valence electrons. The average Bonchev–Trinajstić information content (AvgIpc) is 2.67. The van der Waals surface area contributed by atoms with Crippen LogP contribution in [-0.2, 0) is 13.8 Å². The molecule has 0 aromatic carbocycles. The summed E-state index contributed by atoms with van der Waals surface area (Å²) >= 11 is 0. The third-order valence-corrected chi connectivity index (χ3v) is 4.72. The molecule has 17 heavy (non-hydrogen) atoms. The number of hydrogen-bond acceptors (Lipinski definition) is 3. The van der Waals surface area contributed by atoms with Crippen LogP contribution in [-0.4, -0.2) is 27.4 Å². The van der Waals surface area contributed by atoms with Crippen molar-refractivity contribution in [2.75, 3.05) is 19.0 Å². The lowest BCUT2D eigenvalue weighted by atomic mass is 9.99. The minimum atomic E-state index is -3.43. The molecule has 1 rings (SSSR count). The Labute approximate surface area is 109 Å². The molecule has 1 atom stereocenters. The van der Waals surface area contributed by atoms with E-state index in [9.17, 15) is 8.42 Å². The lowest BCUT2D eigenvalue weighted by Crippen LogP contribution is -2.24. The van der Waals surface area contributed by atoms with E-state index >= 15 is 0 Å². The maximum Gasteiger partial charge on any atom is 0.232 e. The zero-order chi connectivity index (χ0) is 12.9. The van der Waals surface area contributed by atoms with E-state index in [0.717, 1.165) is 6.61 Å². The molecule has 3 nitrogen and oxygen atoms in total. The minimum absolute atomic E-state index is 0.00102. The summed E-state index contributed by atoms with van der Waals surface area (Å²) in [6, 6.07) is 0. The molecule has 0 aromatic heterocycles. The van der Waals surface area contributed by atoms with E-state index in [1.165, 1.54) is 25.7 Å². The van der Waals surface area contributed by atoms with Crippen LogP contribution in [0.4, 0.5) is 0 Å². The molecular weight excluding hydrogens is 260 g/mol. The van der Waals surface area contributed by atoms with Crippen LogP contribution in [0, 0.1) is 17.8 Å². The Kier molecular flexibility index (Phi) is 6.24. The number of hydrogen-bond donors (Lipinski definition) is 0. The van der Waals surface area contributed by atoms with Crippen LogP contribution >= 0.6 is 10.7 Å². The highest BCUT2D eigenvalue weighted by Crippen LogP contribution is 2.25. The lowest BCUT2D eigenvalue weighted by molar-refractivity contribution is 0.0661. The van der Waals surface area contributed by atoms with Crippen molar-refractivity contribution in [3.63, 3.8) is 0 Å². The summed E-state index contributed by atoms with van der Waals surface area (Å²) in [4.78, 5) is 0. The van der Waals surface area contributed by atoms with Gasteiger partial charge in [0.15, 0.2) is 0 Å². The standard InChI is InChI=1S/C12H23ClO3S/c1-10(2)12(9-17(13,14)15)8-16-7-11-5-3-4-6-11/h10-12H,3-9H2,1-2H3. The van der Waals surface area contributed by atoms with Gasteiger partial charge in [-0.15, -0.1) is 0 Å². The molecule has 0 heterocycles. The van der Waals surface area contributed by atoms with Crippen molar-refractivity contribution in [3.05, 3.63) is 0 Å². The van der Waals surface area contributed by atoms with Gasteiger partial charge in [0.1, 0.15) is 0 Å². The van der Waals surface area contributed by atoms with Gasteiger partial charge in [0, 0.05) is 17.3 Å². The molecule has 0 aromatic rings.